The first kappa shape index (κ1) is 29.5. The van der Waals surface area contributed by atoms with E-state index in [2.05, 4.69) is 188 Å². The highest BCUT2D eigenvalue weighted by Gasteiger charge is 2.15. The van der Waals surface area contributed by atoms with Crippen LogP contribution in [-0.4, -0.2) is 9.97 Å². The number of hydrogen-bond acceptors (Lipinski definition) is 2. The van der Waals surface area contributed by atoms with Gasteiger partial charge in [0, 0.05) is 21.9 Å². The molecule has 0 aliphatic rings. The van der Waals surface area contributed by atoms with Crippen LogP contribution in [0.3, 0.4) is 0 Å². The monoisotopic (exact) mass is 636 g/mol. The molecular formula is C48H32N2. The summed E-state index contributed by atoms with van der Waals surface area (Å²) in [4.78, 5) is 10.5. The van der Waals surface area contributed by atoms with Crippen LogP contribution < -0.4 is 0 Å². The summed E-state index contributed by atoms with van der Waals surface area (Å²) in [5.41, 5.74) is 13.4. The van der Waals surface area contributed by atoms with Crippen LogP contribution >= 0.6 is 0 Å². The number of nitrogens with zero attached hydrogens (tertiary/aromatic N) is 2. The molecule has 0 unspecified atom stereocenters. The standard InChI is InChI=1S/C48H32N2/c1-3-11-33(12-4-1)35-21-23-36(24-22-35)42-18-10-19-43(32-42)48-49-46(45-30-29-38-15-7-8-20-44(38)47(45)50-48)39-27-25-37(26-28-39)41-17-9-16-40(31-41)34-13-5-2-6-14-34/h1-32H. The van der Waals surface area contributed by atoms with Crippen LogP contribution in [0.2, 0.25) is 0 Å². The lowest BCUT2D eigenvalue weighted by Crippen LogP contribution is -1.96. The Hall–Kier alpha value is -6.64. The minimum absolute atomic E-state index is 0.714. The van der Waals surface area contributed by atoms with E-state index in [4.69, 9.17) is 9.97 Å². The Bertz CT molecular complexity index is 2610. The minimum Gasteiger partial charge on any atom is -0.227 e. The predicted molar refractivity (Wildman–Crippen MR) is 210 cm³/mol. The molecule has 2 nitrogen and oxygen atoms in total. The summed E-state index contributed by atoms with van der Waals surface area (Å²) in [6.07, 6.45) is 0. The Kier molecular flexibility index (Phi) is 7.53. The second-order valence-electron chi connectivity index (χ2n) is 12.6. The zero-order chi connectivity index (χ0) is 33.3. The van der Waals surface area contributed by atoms with Crippen molar-refractivity contribution in [1.82, 2.24) is 9.97 Å². The van der Waals surface area contributed by atoms with Gasteiger partial charge in [-0.3, -0.25) is 0 Å². The molecule has 2 heteroatoms. The Morgan fingerprint density at radius 2 is 0.700 bits per heavy atom. The van der Waals surface area contributed by atoms with Gasteiger partial charge in [0.1, 0.15) is 0 Å². The van der Waals surface area contributed by atoms with Crippen LogP contribution in [0.1, 0.15) is 0 Å². The van der Waals surface area contributed by atoms with E-state index in [0.717, 1.165) is 49.6 Å². The van der Waals surface area contributed by atoms with Gasteiger partial charge in [-0.05, 0) is 68.1 Å². The molecule has 9 aromatic rings. The molecule has 0 radical (unpaired) electrons. The third-order valence-corrected chi connectivity index (χ3v) is 9.50. The van der Waals surface area contributed by atoms with Crippen molar-refractivity contribution in [2.75, 3.05) is 0 Å². The molecule has 0 atom stereocenters. The van der Waals surface area contributed by atoms with Crippen molar-refractivity contribution in [3.63, 3.8) is 0 Å². The summed E-state index contributed by atoms with van der Waals surface area (Å²) in [6.45, 7) is 0. The average molecular weight is 637 g/mol. The quantitative estimate of drug-likeness (QED) is 0.170. The molecule has 0 aliphatic heterocycles. The first-order valence-electron chi connectivity index (χ1n) is 17.0. The molecule has 0 aliphatic carbocycles. The van der Waals surface area contributed by atoms with Gasteiger partial charge in [-0.25, -0.2) is 9.97 Å². The number of fused-ring (bicyclic) bond motifs is 3. The summed E-state index contributed by atoms with van der Waals surface area (Å²) in [6, 6.07) is 68.7. The summed E-state index contributed by atoms with van der Waals surface area (Å²) >= 11 is 0. The van der Waals surface area contributed by atoms with E-state index in [1.807, 2.05) is 6.07 Å². The molecular weight excluding hydrogens is 605 g/mol. The van der Waals surface area contributed by atoms with Crippen LogP contribution in [0.15, 0.2) is 194 Å². The van der Waals surface area contributed by atoms with E-state index >= 15 is 0 Å². The van der Waals surface area contributed by atoms with Gasteiger partial charge in [-0.2, -0.15) is 0 Å². The molecule has 8 aromatic carbocycles. The normalized spacial score (nSPS) is 11.2. The Morgan fingerprint density at radius 1 is 0.260 bits per heavy atom. The van der Waals surface area contributed by atoms with Crippen molar-refractivity contribution >= 4 is 21.7 Å². The molecule has 9 rings (SSSR count). The van der Waals surface area contributed by atoms with E-state index in [-0.39, 0.29) is 0 Å². The van der Waals surface area contributed by atoms with E-state index < -0.39 is 0 Å². The number of hydrogen-bond donors (Lipinski definition) is 0. The van der Waals surface area contributed by atoms with Crippen molar-refractivity contribution in [2.24, 2.45) is 0 Å². The van der Waals surface area contributed by atoms with Crippen LogP contribution in [0.4, 0.5) is 0 Å². The third-order valence-electron chi connectivity index (χ3n) is 9.50. The average Bonchev–Trinajstić information content (AvgIpc) is 3.21. The Labute approximate surface area is 292 Å². The first-order valence-corrected chi connectivity index (χ1v) is 17.0. The predicted octanol–water partition coefficient (Wildman–Crippen LogP) is 12.8. The molecule has 0 N–H and O–H groups in total. The maximum absolute atomic E-state index is 5.28. The molecule has 0 amide bonds. The van der Waals surface area contributed by atoms with Crippen molar-refractivity contribution in [3.05, 3.63) is 194 Å². The number of rotatable bonds is 6. The maximum Gasteiger partial charge on any atom is 0.160 e. The highest BCUT2D eigenvalue weighted by molar-refractivity contribution is 6.09. The summed E-state index contributed by atoms with van der Waals surface area (Å²) in [5.74, 6) is 0.714. The SMILES string of the molecule is c1ccc(-c2ccc(-c3cccc(-c4nc(-c5ccc(-c6cccc(-c7ccccc7)c6)cc5)c5ccc6ccccc6c5n4)c3)cc2)cc1. The van der Waals surface area contributed by atoms with Gasteiger partial charge in [0.05, 0.1) is 11.2 Å². The molecule has 0 bridgehead atoms. The minimum atomic E-state index is 0.714. The van der Waals surface area contributed by atoms with Gasteiger partial charge >= 0.3 is 0 Å². The van der Waals surface area contributed by atoms with E-state index in [1.165, 1.54) is 33.4 Å². The van der Waals surface area contributed by atoms with Crippen molar-refractivity contribution in [2.45, 2.75) is 0 Å². The van der Waals surface area contributed by atoms with Gasteiger partial charge < -0.3 is 0 Å². The first-order chi connectivity index (χ1) is 24.8. The van der Waals surface area contributed by atoms with Gasteiger partial charge in [-0.1, -0.05) is 176 Å². The van der Waals surface area contributed by atoms with E-state index in [9.17, 15) is 0 Å². The highest BCUT2D eigenvalue weighted by Crippen LogP contribution is 2.36. The molecule has 50 heavy (non-hydrogen) atoms. The Balaban J connectivity index is 1.13. The van der Waals surface area contributed by atoms with Gasteiger partial charge in [0.25, 0.3) is 0 Å². The summed E-state index contributed by atoms with van der Waals surface area (Å²) in [7, 11) is 0. The molecule has 0 spiro atoms. The molecule has 234 valence electrons. The van der Waals surface area contributed by atoms with Crippen molar-refractivity contribution < 1.29 is 0 Å². The fraction of sp³-hybridized carbons (Fsp3) is 0. The van der Waals surface area contributed by atoms with Gasteiger partial charge in [0.15, 0.2) is 5.82 Å². The number of aromatic nitrogens is 2. The lowest BCUT2D eigenvalue weighted by molar-refractivity contribution is 1.23. The zero-order valence-corrected chi connectivity index (χ0v) is 27.4. The van der Waals surface area contributed by atoms with Crippen LogP contribution in [-0.2, 0) is 0 Å². The van der Waals surface area contributed by atoms with Crippen molar-refractivity contribution in [3.8, 4) is 67.2 Å². The number of benzene rings is 8. The smallest absolute Gasteiger partial charge is 0.160 e. The van der Waals surface area contributed by atoms with Gasteiger partial charge in [0.2, 0.25) is 0 Å². The van der Waals surface area contributed by atoms with Crippen LogP contribution in [0.5, 0.6) is 0 Å². The lowest BCUT2D eigenvalue weighted by atomic mass is 9.96. The van der Waals surface area contributed by atoms with Crippen LogP contribution in [0, 0.1) is 0 Å². The molecule has 1 heterocycles. The van der Waals surface area contributed by atoms with Gasteiger partial charge in [-0.15, -0.1) is 0 Å². The fourth-order valence-electron chi connectivity index (χ4n) is 6.87. The second-order valence-corrected chi connectivity index (χ2v) is 12.6. The largest absolute Gasteiger partial charge is 0.227 e. The molecule has 0 fully saturated rings. The summed E-state index contributed by atoms with van der Waals surface area (Å²) in [5, 5.41) is 3.33. The Morgan fingerprint density at radius 3 is 1.32 bits per heavy atom. The molecule has 0 saturated heterocycles. The second kappa shape index (κ2) is 12.8. The third kappa shape index (κ3) is 5.63. The highest BCUT2D eigenvalue weighted by atomic mass is 14.9. The lowest BCUT2D eigenvalue weighted by Gasteiger charge is -2.13. The molecule has 0 saturated carbocycles. The van der Waals surface area contributed by atoms with Crippen LogP contribution in [0.25, 0.3) is 88.8 Å². The fourth-order valence-corrected chi connectivity index (χ4v) is 6.87. The molecule has 1 aromatic heterocycles. The van der Waals surface area contributed by atoms with Crippen molar-refractivity contribution in [1.29, 1.82) is 0 Å². The summed E-state index contributed by atoms with van der Waals surface area (Å²) < 4.78 is 0. The van der Waals surface area contributed by atoms with E-state index in [1.54, 1.807) is 0 Å². The maximum atomic E-state index is 5.28. The topological polar surface area (TPSA) is 25.8 Å². The van der Waals surface area contributed by atoms with E-state index in [0.29, 0.717) is 5.82 Å². The zero-order valence-electron chi connectivity index (χ0n) is 27.4.